The molecule has 0 spiro atoms. The second kappa shape index (κ2) is 4.41. The van der Waals surface area contributed by atoms with E-state index in [0.717, 1.165) is 29.9 Å². The Hall–Kier alpha value is -1.89. The van der Waals surface area contributed by atoms with Gasteiger partial charge in [0, 0.05) is 13.7 Å². The third kappa shape index (κ3) is 1.86. The average molecular weight is 248 g/mol. The zero-order valence-corrected chi connectivity index (χ0v) is 10.4. The highest BCUT2D eigenvalue weighted by atomic mass is 16.5. The summed E-state index contributed by atoms with van der Waals surface area (Å²) in [7, 11) is 1.79. The molecule has 3 rings (SSSR count). The van der Waals surface area contributed by atoms with Crippen molar-refractivity contribution in [1.82, 2.24) is 20.2 Å². The van der Waals surface area contributed by atoms with Crippen LogP contribution in [0.4, 0.5) is 11.8 Å². The molecule has 0 aliphatic carbocycles. The van der Waals surface area contributed by atoms with Gasteiger partial charge in [0.1, 0.15) is 5.82 Å². The van der Waals surface area contributed by atoms with Crippen molar-refractivity contribution in [3.05, 3.63) is 6.20 Å². The van der Waals surface area contributed by atoms with Crippen molar-refractivity contribution in [1.29, 1.82) is 0 Å². The second-order valence-electron chi connectivity index (χ2n) is 4.39. The van der Waals surface area contributed by atoms with Gasteiger partial charge in [-0.15, -0.1) is 0 Å². The number of aromatic nitrogens is 4. The Balaban J connectivity index is 1.96. The van der Waals surface area contributed by atoms with Crippen LogP contribution in [0.15, 0.2) is 6.20 Å². The van der Waals surface area contributed by atoms with Gasteiger partial charge in [-0.1, -0.05) is 0 Å². The Morgan fingerprint density at radius 3 is 3.06 bits per heavy atom. The maximum atomic E-state index is 5.54. The molecular formula is C11H16N6O. The molecule has 2 atom stereocenters. The Morgan fingerprint density at radius 1 is 1.44 bits per heavy atom. The molecule has 2 aromatic rings. The lowest BCUT2D eigenvalue weighted by molar-refractivity contribution is 0.121. The first-order valence-electron chi connectivity index (χ1n) is 6.05. The number of fused-ring (bicyclic) bond motifs is 1. The van der Waals surface area contributed by atoms with E-state index in [1.54, 1.807) is 13.2 Å². The first kappa shape index (κ1) is 11.2. The lowest BCUT2D eigenvalue weighted by Gasteiger charge is -2.17. The van der Waals surface area contributed by atoms with Crippen LogP contribution < -0.4 is 10.6 Å². The van der Waals surface area contributed by atoms with E-state index >= 15 is 0 Å². The lowest BCUT2D eigenvalue weighted by atomic mass is 10.1. The summed E-state index contributed by atoms with van der Waals surface area (Å²) in [6.45, 7) is 2.86. The molecule has 2 unspecified atom stereocenters. The van der Waals surface area contributed by atoms with Crippen LogP contribution >= 0.6 is 0 Å². The number of aromatic amines is 1. The number of hydrogen-bond acceptors (Lipinski definition) is 6. The average Bonchev–Trinajstić information content (AvgIpc) is 2.98. The molecule has 7 heteroatoms. The molecular weight excluding hydrogens is 232 g/mol. The second-order valence-corrected chi connectivity index (χ2v) is 4.39. The maximum absolute atomic E-state index is 5.54. The van der Waals surface area contributed by atoms with Crippen LogP contribution in [-0.4, -0.2) is 46.0 Å². The number of nitrogens with zero attached hydrogens (tertiary/aromatic N) is 3. The summed E-state index contributed by atoms with van der Waals surface area (Å²) in [5.41, 5.74) is 0.725. The van der Waals surface area contributed by atoms with E-state index in [1.165, 1.54) is 0 Å². The van der Waals surface area contributed by atoms with Crippen molar-refractivity contribution in [3.63, 3.8) is 0 Å². The first-order valence-corrected chi connectivity index (χ1v) is 6.05. The van der Waals surface area contributed by atoms with Gasteiger partial charge in [-0.3, -0.25) is 5.10 Å². The summed E-state index contributed by atoms with van der Waals surface area (Å²) in [6.07, 6.45) is 2.91. The fourth-order valence-corrected chi connectivity index (χ4v) is 2.15. The molecule has 1 aliphatic rings. The molecule has 0 saturated carbocycles. The predicted molar refractivity (Wildman–Crippen MR) is 68.7 cm³/mol. The molecule has 96 valence electrons. The molecule has 0 radical (unpaired) electrons. The molecule has 0 amide bonds. The minimum Gasteiger partial charge on any atom is -0.376 e. The maximum Gasteiger partial charge on any atom is 0.226 e. The van der Waals surface area contributed by atoms with Crippen LogP contribution in [0.2, 0.25) is 0 Å². The van der Waals surface area contributed by atoms with Gasteiger partial charge in [0.05, 0.1) is 23.7 Å². The monoisotopic (exact) mass is 248 g/mol. The molecule has 1 fully saturated rings. The zero-order chi connectivity index (χ0) is 12.5. The first-order chi connectivity index (χ1) is 8.78. The minimum absolute atomic E-state index is 0.194. The molecule has 3 N–H and O–H groups in total. The molecule has 0 aromatic carbocycles. The van der Waals surface area contributed by atoms with Crippen molar-refractivity contribution >= 4 is 22.8 Å². The Bertz CT molecular complexity index is 553. The van der Waals surface area contributed by atoms with E-state index < -0.39 is 0 Å². The number of anilines is 2. The number of rotatable bonds is 3. The fourth-order valence-electron chi connectivity index (χ4n) is 2.15. The lowest BCUT2D eigenvalue weighted by Crippen LogP contribution is -2.27. The summed E-state index contributed by atoms with van der Waals surface area (Å²) in [5, 5.41) is 14.1. The Labute approximate surface area is 104 Å². The van der Waals surface area contributed by atoms with Gasteiger partial charge >= 0.3 is 0 Å². The van der Waals surface area contributed by atoms with Crippen LogP contribution in [0.1, 0.15) is 13.3 Å². The predicted octanol–water partition coefficient (Wildman–Crippen LogP) is 0.984. The summed E-state index contributed by atoms with van der Waals surface area (Å²) in [6, 6.07) is 0.280. The summed E-state index contributed by atoms with van der Waals surface area (Å²) in [5.74, 6) is 1.36. The van der Waals surface area contributed by atoms with Gasteiger partial charge in [-0.05, 0) is 13.3 Å². The molecule has 0 bridgehead atoms. The Kier molecular flexibility index (Phi) is 2.75. The van der Waals surface area contributed by atoms with E-state index in [4.69, 9.17) is 4.74 Å². The largest absolute Gasteiger partial charge is 0.376 e. The highest BCUT2D eigenvalue weighted by Crippen LogP contribution is 2.24. The van der Waals surface area contributed by atoms with Gasteiger partial charge < -0.3 is 15.4 Å². The molecule has 18 heavy (non-hydrogen) atoms. The van der Waals surface area contributed by atoms with Gasteiger partial charge in [0.2, 0.25) is 5.95 Å². The normalized spacial score (nSPS) is 23.4. The van der Waals surface area contributed by atoms with Crippen LogP contribution in [-0.2, 0) is 4.74 Å². The van der Waals surface area contributed by atoms with Crippen LogP contribution in [0.3, 0.4) is 0 Å². The summed E-state index contributed by atoms with van der Waals surface area (Å²) >= 11 is 0. The summed E-state index contributed by atoms with van der Waals surface area (Å²) < 4.78 is 5.54. The molecule has 1 saturated heterocycles. The van der Waals surface area contributed by atoms with E-state index in [1.807, 2.05) is 0 Å². The standard InChI is InChI=1S/C11H16N6O/c1-6-8(3-4-18-6)14-9-7-5-13-17-10(7)16-11(12-2)15-9/h5-6,8H,3-4H2,1-2H3,(H3,12,13,14,15,16,17). The zero-order valence-electron chi connectivity index (χ0n) is 10.4. The number of ether oxygens (including phenoxy) is 1. The van der Waals surface area contributed by atoms with E-state index in [-0.39, 0.29) is 12.1 Å². The van der Waals surface area contributed by atoms with Crippen molar-refractivity contribution in [2.45, 2.75) is 25.5 Å². The van der Waals surface area contributed by atoms with E-state index in [9.17, 15) is 0 Å². The topological polar surface area (TPSA) is 87.8 Å². The van der Waals surface area contributed by atoms with Crippen molar-refractivity contribution < 1.29 is 4.74 Å². The molecule has 1 aliphatic heterocycles. The number of H-pyrrole nitrogens is 1. The minimum atomic E-state index is 0.194. The van der Waals surface area contributed by atoms with Crippen LogP contribution in [0.25, 0.3) is 11.0 Å². The Morgan fingerprint density at radius 2 is 2.33 bits per heavy atom. The van der Waals surface area contributed by atoms with Crippen LogP contribution in [0.5, 0.6) is 0 Å². The quantitative estimate of drug-likeness (QED) is 0.750. The summed E-state index contributed by atoms with van der Waals surface area (Å²) in [4.78, 5) is 8.74. The smallest absolute Gasteiger partial charge is 0.226 e. The fraction of sp³-hybridized carbons (Fsp3) is 0.545. The van der Waals surface area contributed by atoms with Gasteiger partial charge in [0.15, 0.2) is 5.65 Å². The van der Waals surface area contributed by atoms with E-state index in [0.29, 0.717) is 5.95 Å². The SMILES string of the molecule is CNc1nc(NC2CCOC2C)c2cn[nH]c2n1. The van der Waals surface area contributed by atoms with Crippen LogP contribution in [0, 0.1) is 0 Å². The number of nitrogens with one attached hydrogen (secondary N) is 3. The molecule has 3 heterocycles. The van der Waals surface area contributed by atoms with Gasteiger partial charge in [-0.2, -0.15) is 15.1 Å². The third-order valence-corrected chi connectivity index (χ3v) is 3.23. The van der Waals surface area contributed by atoms with Gasteiger partial charge in [-0.25, -0.2) is 0 Å². The third-order valence-electron chi connectivity index (χ3n) is 3.23. The highest BCUT2D eigenvalue weighted by Gasteiger charge is 2.25. The van der Waals surface area contributed by atoms with Crippen molar-refractivity contribution in [2.75, 3.05) is 24.3 Å². The van der Waals surface area contributed by atoms with Crippen molar-refractivity contribution in [2.24, 2.45) is 0 Å². The number of hydrogen-bond donors (Lipinski definition) is 3. The van der Waals surface area contributed by atoms with Crippen molar-refractivity contribution in [3.8, 4) is 0 Å². The van der Waals surface area contributed by atoms with Gasteiger partial charge in [0.25, 0.3) is 0 Å². The highest BCUT2D eigenvalue weighted by molar-refractivity contribution is 5.87. The van der Waals surface area contributed by atoms with E-state index in [2.05, 4.69) is 37.7 Å². The molecule has 7 nitrogen and oxygen atoms in total. The molecule has 2 aromatic heterocycles.